The monoisotopic (exact) mass is 186 g/mol. The molecular formula is C6H12F3Sc. The van der Waals surface area contributed by atoms with Gasteiger partial charge in [-0.15, -0.1) is 0 Å². The molecule has 0 aliphatic carbocycles. The summed E-state index contributed by atoms with van der Waals surface area (Å²) in [6, 6.07) is 0. The molecule has 0 saturated carbocycles. The Labute approximate surface area is 80.0 Å². The first-order valence-electron chi connectivity index (χ1n) is 1.84. The summed E-state index contributed by atoms with van der Waals surface area (Å²) in [7, 11) is 0. The molecule has 0 aliphatic rings. The number of alkyl halides is 3. The molecule has 60 valence electrons. The Morgan fingerprint density at radius 1 is 1.20 bits per heavy atom. The Hall–Kier alpha value is 0.660. The van der Waals surface area contributed by atoms with Gasteiger partial charge in [0.05, 0.1) is 0 Å². The summed E-state index contributed by atoms with van der Waals surface area (Å²) in [6.07, 6.45) is -4.11. The number of hydrogen-bond donors (Lipinski definition) is 0. The van der Waals surface area contributed by atoms with Crippen LogP contribution in [-0.2, 0) is 25.8 Å². The van der Waals surface area contributed by atoms with Crippen LogP contribution in [0.25, 0.3) is 0 Å². The van der Waals surface area contributed by atoms with Crippen molar-refractivity contribution in [2.75, 3.05) is 0 Å². The van der Waals surface area contributed by atoms with Gasteiger partial charge in [-0.3, -0.25) is 0 Å². The van der Waals surface area contributed by atoms with Gasteiger partial charge in [-0.2, -0.15) is 13.2 Å². The molecule has 0 saturated heterocycles. The Morgan fingerprint density at radius 2 is 1.30 bits per heavy atom. The van der Waals surface area contributed by atoms with Crippen LogP contribution in [0.15, 0.2) is 0 Å². The first-order valence-corrected chi connectivity index (χ1v) is 1.84. The van der Waals surface area contributed by atoms with Crippen molar-refractivity contribution in [1.82, 2.24) is 0 Å². The quantitative estimate of drug-likeness (QED) is 0.510. The largest absolute Gasteiger partial charge is 3.00 e. The van der Waals surface area contributed by atoms with E-state index in [0.717, 1.165) is 6.92 Å². The van der Waals surface area contributed by atoms with Crippen LogP contribution >= 0.6 is 0 Å². The van der Waals surface area contributed by atoms with Gasteiger partial charge in [0.1, 0.15) is 0 Å². The van der Waals surface area contributed by atoms with E-state index in [-0.39, 0.29) is 40.7 Å². The van der Waals surface area contributed by atoms with Gasteiger partial charge < -0.3 is 21.8 Å². The minimum Gasteiger partial charge on any atom is -0.358 e. The summed E-state index contributed by atoms with van der Waals surface area (Å²) in [5.41, 5.74) is 0. The predicted octanol–water partition coefficient (Wildman–Crippen LogP) is 2.92. The molecule has 0 aromatic heterocycles. The fourth-order valence-corrected chi connectivity index (χ4v) is 0. The average molecular weight is 186 g/mol. The smallest absolute Gasteiger partial charge is 0.358 e. The summed E-state index contributed by atoms with van der Waals surface area (Å²) in [5, 5.41) is 0. The van der Waals surface area contributed by atoms with Crippen molar-refractivity contribution < 1.29 is 39.0 Å². The third kappa shape index (κ3) is 11.5. The van der Waals surface area contributed by atoms with Crippen molar-refractivity contribution in [2.24, 2.45) is 5.92 Å². The maximum atomic E-state index is 11.1. The predicted molar refractivity (Wildman–Crippen MR) is 33.4 cm³/mol. The van der Waals surface area contributed by atoms with E-state index in [1.165, 1.54) is 0 Å². The molecule has 0 spiro atoms. The summed E-state index contributed by atoms with van der Waals surface area (Å²) in [4.78, 5) is 0. The minimum absolute atomic E-state index is 0. The van der Waals surface area contributed by atoms with Crippen LogP contribution in [0.3, 0.4) is 0 Å². The Bertz CT molecular complexity index is 58.5. The molecular weight excluding hydrogens is 174 g/mol. The second-order valence-corrected chi connectivity index (χ2v) is 1.44. The molecule has 0 rings (SSSR count). The normalized spacial score (nSPS) is 11.7. The fourth-order valence-electron chi connectivity index (χ4n) is 0. The van der Waals surface area contributed by atoms with Crippen LogP contribution < -0.4 is 0 Å². The van der Waals surface area contributed by atoms with Gasteiger partial charge in [0.2, 0.25) is 0 Å². The van der Waals surface area contributed by atoms with Gasteiger partial charge >= 0.3 is 32.0 Å². The van der Waals surface area contributed by atoms with E-state index >= 15 is 0 Å². The molecule has 1 atom stereocenters. The molecule has 0 radical (unpaired) electrons. The third-order valence-corrected chi connectivity index (χ3v) is 0.559. The van der Waals surface area contributed by atoms with Crippen molar-refractivity contribution in [2.45, 2.75) is 13.1 Å². The molecule has 0 heterocycles. The van der Waals surface area contributed by atoms with E-state index in [0.29, 0.717) is 0 Å². The molecule has 0 amide bonds. The molecule has 0 nitrogen and oxygen atoms in total. The molecule has 0 bridgehead atoms. The van der Waals surface area contributed by atoms with E-state index < -0.39 is 12.1 Å². The Morgan fingerprint density at radius 3 is 1.30 bits per heavy atom. The zero-order chi connectivity index (χ0) is 6.08. The maximum absolute atomic E-state index is 11.1. The molecule has 4 heteroatoms. The van der Waals surface area contributed by atoms with Crippen molar-refractivity contribution >= 4 is 0 Å². The molecule has 0 aromatic rings. The van der Waals surface area contributed by atoms with Gasteiger partial charge in [-0.1, -0.05) is 12.8 Å². The third-order valence-electron chi connectivity index (χ3n) is 0.559. The molecule has 0 fully saturated rings. The van der Waals surface area contributed by atoms with E-state index in [9.17, 15) is 13.2 Å². The molecule has 10 heavy (non-hydrogen) atoms. The SMILES string of the molecule is [CH2-]C(C)C(F)(F)F.[CH3-].[CH3-].[Sc+3]. The Balaban J connectivity index is -0.0000000600. The van der Waals surface area contributed by atoms with Crippen molar-refractivity contribution in [3.05, 3.63) is 21.8 Å². The second kappa shape index (κ2) is 7.76. The van der Waals surface area contributed by atoms with Crippen LogP contribution in [0.4, 0.5) is 13.2 Å². The molecule has 0 N–H and O–H groups in total. The van der Waals surface area contributed by atoms with Crippen molar-refractivity contribution in [1.29, 1.82) is 0 Å². The van der Waals surface area contributed by atoms with Crippen molar-refractivity contribution in [3.8, 4) is 0 Å². The van der Waals surface area contributed by atoms with Gasteiger partial charge in [0, 0.05) is 0 Å². The van der Waals surface area contributed by atoms with Crippen LogP contribution in [0, 0.1) is 27.7 Å². The van der Waals surface area contributed by atoms with Gasteiger partial charge in [0.15, 0.2) is 0 Å². The van der Waals surface area contributed by atoms with Crippen LogP contribution in [0.2, 0.25) is 0 Å². The zero-order valence-corrected chi connectivity index (χ0v) is 8.30. The van der Waals surface area contributed by atoms with E-state index in [1.54, 1.807) is 0 Å². The summed E-state index contributed by atoms with van der Waals surface area (Å²) < 4.78 is 33.3. The summed E-state index contributed by atoms with van der Waals surface area (Å²) in [6.45, 7) is 3.80. The summed E-state index contributed by atoms with van der Waals surface area (Å²) >= 11 is 0. The van der Waals surface area contributed by atoms with E-state index in [2.05, 4.69) is 6.92 Å². The van der Waals surface area contributed by atoms with Gasteiger partial charge in [0.25, 0.3) is 0 Å². The standard InChI is InChI=1S/C4H6F3.2CH3.Sc/c1-3(2)4(5,6)7;;;/h3H,1H2,2H3;2*1H3;/q3*-1;+3. The molecule has 0 aliphatic heterocycles. The number of hydrogen-bond acceptors (Lipinski definition) is 0. The zero-order valence-electron chi connectivity index (χ0n) is 6.50. The van der Waals surface area contributed by atoms with Gasteiger partial charge in [-0.05, 0) is 0 Å². The fraction of sp³-hybridized carbons (Fsp3) is 0.500. The topological polar surface area (TPSA) is 0 Å². The molecule has 1 unspecified atom stereocenters. The number of halogens is 3. The maximum Gasteiger partial charge on any atom is 3.00 e. The van der Waals surface area contributed by atoms with Crippen LogP contribution in [0.5, 0.6) is 0 Å². The first-order chi connectivity index (χ1) is 2.94. The molecule has 0 aromatic carbocycles. The minimum atomic E-state index is -4.11. The summed E-state index contributed by atoms with van der Waals surface area (Å²) in [5.74, 6) is -1.45. The number of rotatable bonds is 0. The van der Waals surface area contributed by atoms with E-state index in [4.69, 9.17) is 0 Å². The Kier molecular flexibility index (Phi) is 17.4. The van der Waals surface area contributed by atoms with Crippen molar-refractivity contribution in [3.63, 3.8) is 0 Å². The average Bonchev–Trinajstić information content (AvgIpc) is 1.31. The second-order valence-electron chi connectivity index (χ2n) is 1.44. The van der Waals surface area contributed by atoms with E-state index in [1.807, 2.05) is 0 Å². The van der Waals surface area contributed by atoms with Crippen LogP contribution in [-0.4, -0.2) is 6.18 Å². The van der Waals surface area contributed by atoms with Gasteiger partial charge in [-0.25, -0.2) is 0 Å². The van der Waals surface area contributed by atoms with Crippen LogP contribution in [0.1, 0.15) is 6.92 Å². The first kappa shape index (κ1) is 22.4.